The van der Waals surface area contributed by atoms with E-state index in [9.17, 15) is 31.5 Å². The maximum Gasteiger partial charge on any atom is 0.343 e. The predicted octanol–water partition coefficient (Wildman–Crippen LogP) is 5.11. The third-order valence-corrected chi connectivity index (χ3v) is 5.74. The van der Waals surface area contributed by atoms with Gasteiger partial charge in [-0.3, -0.25) is 4.79 Å². The van der Waals surface area contributed by atoms with Crippen LogP contribution in [0.25, 0.3) is 6.08 Å². The maximum atomic E-state index is 14.2. The van der Waals surface area contributed by atoms with Crippen LogP contribution in [-0.4, -0.2) is 31.3 Å². The van der Waals surface area contributed by atoms with E-state index < -0.39 is 46.6 Å². The zero-order valence-corrected chi connectivity index (χ0v) is 20.4. The van der Waals surface area contributed by atoms with Gasteiger partial charge in [0.25, 0.3) is 5.91 Å². The smallest absolute Gasteiger partial charge is 0.343 e. The van der Waals surface area contributed by atoms with Crippen LogP contribution in [-0.2, 0) is 14.3 Å². The molecule has 33 heavy (non-hydrogen) atoms. The second-order valence-corrected chi connectivity index (χ2v) is 8.47. The van der Waals surface area contributed by atoms with Crippen LogP contribution in [0.5, 0.6) is 5.75 Å². The molecule has 0 fully saturated rings. The summed E-state index contributed by atoms with van der Waals surface area (Å²) in [5.74, 6) is -12.4. The quantitative estimate of drug-likeness (QED) is 0.113. The van der Waals surface area contributed by atoms with Gasteiger partial charge in [-0.1, -0.05) is 0 Å². The van der Waals surface area contributed by atoms with Gasteiger partial charge in [-0.15, -0.1) is 0 Å². The molecule has 1 aliphatic heterocycles. The van der Waals surface area contributed by atoms with E-state index in [1.807, 2.05) is 22.6 Å². The molecule has 0 saturated carbocycles. The molecule has 0 aliphatic carbocycles. The molecule has 0 N–H and O–H groups in total. The molecule has 0 aromatic heterocycles. The van der Waals surface area contributed by atoms with Crippen molar-refractivity contribution in [1.29, 1.82) is 0 Å². The highest BCUT2D eigenvalue weighted by Gasteiger charge is 2.37. The second-order valence-electron chi connectivity index (χ2n) is 6.46. The number of methoxy groups -OCH3 is 1. The van der Waals surface area contributed by atoms with E-state index >= 15 is 0 Å². The molecule has 2 aromatic rings. The average molecular weight is 645 g/mol. The molecule has 3 rings (SSSR count). The molecule has 0 atom stereocenters. The molecule has 0 saturated heterocycles. The van der Waals surface area contributed by atoms with Crippen LogP contribution in [0.15, 0.2) is 27.3 Å². The third-order valence-electron chi connectivity index (χ3n) is 4.35. The van der Waals surface area contributed by atoms with Crippen molar-refractivity contribution in [2.75, 3.05) is 18.7 Å². The Morgan fingerprint density at radius 1 is 1.12 bits per heavy atom. The molecule has 1 heterocycles. The number of anilines is 1. The molecule has 0 bridgehead atoms. The van der Waals surface area contributed by atoms with E-state index in [-0.39, 0.29) is 22.9 Å². The number of hydrazone groups is 1. The fraction of sp³-hybridized carbons (Fsp3) is 0.150. The van der Waals surface area contributed by atoms with Gasteiger partial charge in [-0.2, -0.15) is 10.1 Å². The topological polar surface area (TPSA) is 68.2 Å². The lowest BCUT2D eigenvalue weighted by molar-refractivity contribution is -0.142. The van der Waals surface area contributed by atoms with Gasteiger partial charge in [-0.25, -0.2) is 26.7 Å². The van der Waals surface area contributed by atoms with Crippen molar-refractivity contribution in [1.82, 2.24) is 0 Å². The fourth-order valence-corrected chi connectivity index (χ4v) is 4.54. The Bertz CT molecular complexity index is 1200. The summed E-state index contributed by atoms with van der Waals surface area (Å²) in [4.78, 5) is 24.0. The normalized spacial score (nSPS) is 14.7. The largest absolute Gasteiger partial charge is 0.480 e. The summed E-state index contributed by atoms with van der Waals surface area (Å²) in [6, 6.07) is 3.11. The summed E-state index contributed by atoms with van der Waals surface area (Å²) in [6.07, 6.45) is 1.32. The Morgan fingerprint density at radius 3 is 2.24 bits per heavy atom. The number of carbonyl (C=O) groups is 2. The van der Waals surface area contributed by atoms with Crippen LogP contribution in [0.3, 0.4) is 0 Å². The number of carbonyl (C=O) groups excluding carboxylic acids is 2. The summed E-state index contributed by atoms with van der Waals surface area (Å²) in [7, 11) is 1.21. The van der Waals surface area contributed by atoms with Crippen LogP contribution >= 0.6 is 38.5 Å². The van der Waals surface area contributed by atoms with Gasteiger partial charge in [-0.05, 0) is 69.2 Å². The van der Waals surface area contributed by atoms with Crippen LogP contribution < -0.4 is 9.75 Å². The minimum absolute atomic E-state index is 0.0129. The van der Waals surface area contributed by atoms with Gasteiger partial charge in [0, 0.05) is 0 Å². The van der Waals surface area contributed by atoms with Crippen LogP contribution in [0.2, 0.25) is 0 Å². The highest BCUT2D eigenvalue weighted by molar-refractivity contribution is 14.1. The first-order valence-electron chi connectivity index (χ1n) is 8.79. The van der Waals surface area contributed by atoms with Crippen molar-refractivity contribution in [2.45, 2.75) is 6.92 Å². The number of nitrogens with zero attached hydrogens (tertiary/aromatic N) is 2. The first kappa shape index (κ1) is 25.1. The summed E-state index contributed by atoms with van der Waals surface area (Å²) < 4.78 is 79.6. The molecule has 6 nitrogen and oxygen atoms in total. The molecule has 0 radical (unpaired) electrons. The summed E-state index contributed by atoms with van der Waals surface area (Å²) >= 11 is 5.21. The predicted molar refractivity (Wildman–Crippen MR) is 119 cm³/mol. The molecular weight excluding hydrogens is 634 g/mol. The molecule has 0 spiro atoms. The summed E-state index contributed by atoms with van der Waals surface area (Å²) in [6.45, 7) is 0.996. The Morgan fingerprint density at radius 2 is 1.70 bits per heavy atom. The van der Waals surface area contributed by atoms with E-state index in [4.69, 9.17) is 4.74 Å². The van der Waals surface area contributed by atoms with Crippen molar-refractivity contribution in [2.24, 2.45) is 5.10 Å². The van der Waals surface area contributed by atoms with Crippen molar-refractivity contribution in [3.05, 3.63) is 60.4 Å². The molecule has 2 aromatic carbocycles. The first-order valence-corrected chi connectivity index (χ1v) is 10.7. The Hall–Kier alpha value is -2.55. The standard InChI is InChI=1S/C20H11BrF5IN2O4/c1-7-9(3-8-4-10(21)19(11(27)5-8)33-6-12(30)32-2)20(31)29(28-7)18-16(25)14(23)13(22)15(24)17(18)26/h3-5H,6H2,1-2H3/b9-3+. The van der Waals surface area contributed by atoms with Gasteiger partial charge in [0.15, 0.2) is 29.9 Å². The summed E-state index contributed by atoms with van der Waals surface area (Å²) in [5, 5.41) is 3.81. The number of esters is 1. The zero-order valence-electron chi connectivity index (χ0n) is 16.6. The lowest BCUT2D eigenvalue weighted by Gasteiger charge is -2.15. The minimum Gasteiger partial charge on any atom is -0.480 e. The monoisotopic (exact) mass is 644 g/mol. The molecule has 174 valence electrons. The van der Waals surface area contributed by atoms with Crippen molar-refractivity contribution in [3.63, 3.8) is 0 Å². The fourth-order valence-electron chi connectivity index (χ4n) is 2.77. The Kier molecular flexibility index (Phi) is 7.41. The van der Waals surface area contributed by atoms with E-state index in [2.05, 4.69) is 25.8 Å². The Balaban J connectivity index is 1.98. The highest BCUT2D eigenvalue weighted by atomic mass is 127. The van der Waals surface area contributed by atoms with E-state index in [1.165, 1.54) is 26.2 Å². The lowest BCUT2D eigenvalue weighted by Crippen LogP contribution is -2.25. The van der Waals surface area contributed by atoms with Crippen LogP contribution in [0, 0.1) is 32.7 Å². The number of benzene rings is 2. The van der Waals surface area contributed by atoms with Crippen LogP contribution in [0.1, 0.15) is 12.5 Å². The van der Waals surface area contributed by atoms with Crippen LogP contribution in [0.4, 0.5) is 27.6 Å². The molecule has 0 unspecified atom stereocenters. The third kappa shape index (κ3) is 4.74. The van der Waals surface area contributed by atoms with E-state index in [0.29, 0.717) is 19.4 Å². The first-order chi connectivity index (χ1) is 15.5. The highest BCUT2D eigenvalue weighted by Crippen LogP contribution is 2.36. The number of amides is 1. The zero-order chi connectivity index (χ0) is 24.6. The van der Waals surface area contributed by atoms with Crippen molar-refractivity contribution < 1.29 is 41.0 Å². The SMILES string of the molecule is COC(=O)COc1c(Br)cc(/C=C2/C(=O)N(c3c(F)c(F)c(F)c(F)c3F)N=C2C)cc1I. The van der Waals surface area contributed by atoms with E-state index in [1.54, 1.807) is 6.07 Å². The maximum absolute atomic E-state index is 14.2. The number of ether oxygens (including phenoxy) is 2. The lowest BCUT2D eigenvalue weighted by atomic mass is 10.1. The minimum atomic E-state index is -2.34. The van der Waals surface area contributed by atoms with Gasteiger partial charge in [0.2, 0.25) is 5.82 Å². The number of halogens is 7. The average Bonchev–Trinajstić information content (AvgIpc) is 3.03. The van der Waals surface area contributed by atoms with Gasteiger partial charge < -0.3 is 9.47 Å². The molecule has 13 heteroatoms. The molecule has 1 amide bonds. The molecular formula is C20H11BrF5IN2O4. The number of rotatable bonds is 5. The molecule has 1 aliphatic rings. The van der Waals surface area contributed by atoms with Gasteiger partial charge >= 0.3 is 5.97 Å². The van der Waals surface area contributed by atoms with Gasteiger partial charge in [0.1, 0.15) is 11.4 Å². The number of hydrogen-bond acceptors (Lipinski definition) is 5. The van der Waals surface area contributed by atoms with E-state index in [0.717, 1.165) is 0 Å². The Labute approximate surface area is 205 Å². The second kappa shape index (κ2) is 9.75. The van der Waals surface area contributed by atoms with Crippen molar-refractivity contribution >= 4 is 67.9 Å². The number of hydrogen-bond donors (Lipinski definition) is 0. The van der Waals surface area contributed by atoms with Gasteiger partial charge in [0.05, 0.1) is 26.4 Å². The van der Waals surface area contributed by atoms with Crippen molar-refractivity contribution in [3.8, 4) is 5.75 Å². The summed E-state index contributed by atoms with van der Waals surface area (Å²) in [5.41, 5.74) is -1.19.